The first-order valence-electron chi connectivity index (χ1n) is 11.1. The molecule has 0 N–H and O–H groups in total. The van der Waals surface area contributed by atoms with Gasteiger partial charge in [0.25, 0.3) is 0 Å². The van der Waals surface area contributed by atoms with Gasteiger partial charge in [0.2, 0.25) is 0 Å². The van der Waals surface area contributed by atoms with Gasteiger partial charge in [-0.25, -0.2) is 0 Å². The van der Waals surface area contributed by atoms with Gasteiger partial charge < -0.3 is 0 Å². The zero-order valence-electron chi connectivity index (χ0n) is 19.3. The van der Waals surface area contributed by atoms with Gasteiger partial charge in [-0.3, -0.25) is 0 Å². The Labute approximate surface area is 166 Å². The van der Waals surface area contributed by atoms with Crippen LogP contribution in [0.5, 0.6) is 0 Å². The fourth-order valence-corrected chi connectivity index (χ4v) is 4.01. The minimum absolute atomic E-state index is 0.590. The van der Waals surface area contributed by atoms with Crippen LogP contribution in [-0.2, 0) is 0 Å². The molecule has 0 aliphatic rings. The summed E-state index contributed by atoms with van der Waals surface area (Å²) in [6.45, 7) is 26.9. The van der Waals surface area contributed by atoms with Crippen molar-refractivity contribution in [3.05, 3.63) is 36.5 Å². The summed E-state index contributed by atoms with van der Waals surface area (Å²) in [5.41, 5.74) is 2.47. The van der Waals surface area contributed by atoms with E-state index < -0.39 is 0 Å². The fourth-order valence-electron chi connectivity index (χ4n) is 4.01. The Morgan fingerprint density at radius 3 is 1.92 bits per heavy atom. The predicted molar refractivity (Wildman–Crippen MR) is 121 cm³/mol. The molecule has 0 saturated heterocycles. The maximum atomic E-state index is 4.20. The van der Waals surface area contributed by atoms with E-state index in [0.29, 0.717) is 11.8 Å². The van der Waals surface area contributed by atoms with Crippen molar-refractivity contribution in [3.8, 4) is 0 Å². The van der Waals surface area contributed by atoms with Crippen LogP contribution in [0.4, 0.5) is 0 Å². The van der Waals surface area contributed by atoms with Crippen LogP contribution in [0.25, 0.3) is 0 Å². The lowest BCUT2D eigenvalue weighted by molar-refractivity contribution is 0.210. The highest BCUT2D eigenvalue weighted by Gasteiger charge is 2.24. The van der Waals surface area contributed by atoms with Crippen molar-refractivity contribution in [1.82, 2.24) is 0 Å². The Balaban J connectivity index is 4.79. The lowest BCUT2D eigenvalue weighted by Gasteiger charge is -2.31. The van der Waals surface area contributed by atoms with Crippen LogP contribution < -0.4 is 0 Å². The molecule has 0 rings (SSSR count). The van der Waals surface area contributed by atoms with Crippen LogP contribution in [0.15, 0.2) is 36.5 Å². The summed E-state index contributed by atoms with van der Waals surface area (Å²) in [5, 5.41) is 0. The largest absolute Gasteiger partial charge is 0.100 e. The van der Waals surface area contributed by atoms with Gasteiger partial charge in [0, 0.05) is 0 Å². The number of hydrogen-bond donors (Lipinski definition) is 0. The molecule has 0 aromatic heterocycles. The summed E-state index contributed by atoms with van der Waals surface area (Å²) < 4.78 is 0. The van der Waals surface area contributed by atoms with Crippen molar-refractivity contribution < 1.29 is 0 Å². The first-order chi connectivity index (χ1) is 12.1. The third-order valence-corrected chi connectivity index (χ3v) is 6.67. The van der Waals surface area contributed by atoms with E-state index in [0.717, 1.165) is 29.2 Å². The topological polar surface area (TPSA) is 0 Å². The minimum atomic E-state index is 0.590. The number of unbranched alkanes of at least 4 members (excludes halogenated alkanes) is 1. The van der Waals surface area contributed by atoms with E-state index in [9.17, 15) is 0 Å². The fraction of sp³-hybridized carbons (Fsp3) is 0.769. The van der Waals surface area contributed by atoms with E-state index in [1.165, 1.54) is 44.1 Å². The molecule has 0 radical (unpaired) electrons. The molecule has 0 fully saturated rings. The summed E-state index contributed by atoms with van der Waals surface area (Å²) in [6.07, 6.45) is 12.4. The van der Waals surface area contributed by atoms with Gasteiger partial charge in [-0.05, 0) is 62.2 Å². The zero-order chi connectivity index (χ0) is 20.3. The third-order valence-electron chi connectivity index (χ3n) is 6.67. The van der Waals surface area contributed by atoms with E-state index in [2.05, 4.69) is 80.7 Å². The van der Waals surface area contributed by atoms with Crippen LogP contribution in [0.3, 0.4) is 0 Å². The maximum absolute atomic E-state index is 4.20. The van der Waals surface area contributed by atoms with E-state index in [4.69, 9.17) is 0 Å². The summed E-state index contributed by atoms with van der Waals surface area (Å²) in [7, 11) is 0. The van der Waals surface area contributed by atoms with Crippen LogP contribution >= 0.6 is 0 Å². The standard InChI is InChI=1S/C26H48/c1-11-12-13-21(6)24(9)22(7)16-17-26(18-20(4)5)25(10)23(8)15-14-19(2)3/h14-15,21-26H,2,4,11-13,16-18H2,1,3,5-10H3. The SMILES string of the molecule is C=C(C)C=CC(C)C(C)C(CCC(C)C(C)C(C)CCCC)CC(=C)C. The molecule has 152 valence electrons. The summed E-state index contributed by atoms with van der Waals surface area (Å²) in [6, 6.07) is 0. The summed E-state index contributed by atoms with van der Waals surface area (Å²) in [4.78, 5) is 0. The quantitative estimate of drug-likeness (QED) is 0.214. The van der Waals surface area contributed by atoms with Crippen molar-refractivity contribution in [2.75, 3.05) is 0 Å². The second kappa shape index (κ2) is 13.4. The normalized spacial score (nSPS) is 18.9. The summed E-state index contributed by atoms with van der Waals surface area (Å²) in [5.74, 6) is 4.48. The Bertz CT molecular complexity index is 427. The van der Waals surface area contributed by atoms with E-state index in [1.807, 2.05) is 0 Å². The van der Waals surface area contributed by atoms with Gasteiger partial charge in [0.05, 0.1) is 0 Å². The average Bonchev–Trinajstić information content (AvgIpc) is 2.58. The molecular weight excluding hydrogens is 312 g/mol. The van der Waals surface area contributed by atoms with Crippen molar-refractivity contribution in [3.63, 3.8) is 0 Å². The van der Waals surface area contributed by atoms with Crippen LogP contribution in [0, 0.1) is 35.5 Å². The van der Waals surface area contributed by atoms with Gasteiger partial charge in [0.15, 0.2) is 0 Å². The average molecular weight is 361 g/mol. The Kier molecular flexibility index (Phi) is 13.0. The molecule has 0 aliphatic carbocycles. The molecule has 0 aromatic rings. The molecule has 0 saturated carbocycles. The molecule has 0 amide bonds. The molecule has 26 heavy (non-hydrogen) atoms. The monoisotopic (exact) mass is 360 g/mol. The van der Waals surface area contributed by atoms with Gasteiger partial charge >= 0.3 is 0 Å². The van der Waals surface area contributed by atoms with E-state index in [1.54, 1.807) is 0 Å². The minimum Gasteiger partial charge on any atom is -0.100 e. The summed E-state index contributed by atoms with van der Waals surface area (Å²) >= 11 is 0. The Hall–Kier alpha value is -0.780. The molecule has 0 heterocycles. The van der Waals surface area contributed by atoms with Crippen molar-refractivity contribution in [2.45, 2.75) is 93.9 Å². The lowest BCUT2D eigenvalue weighted by Crippen LogP contribution is -2.22. The first kappa shape index (κ1) is 25.2. The highest BCUT2D eigenvalue weighted by atomic mass is 14.3. The van der Waals surface area contributed by atoms with Gasteiger partial charge in [-0.2, -0.15) is 0 Å². The van der Waals surface area contributed by atoms with E-state index in [-0.39, 0.29) is 0 Å². The second-order valence-electron chi connectivity index (χ2n) is 9.38. The van der Waals surface area contributed by atoms with Crippen LogP contribution in [-0.4, -0.2) is 0 Å². The Morgan fingerprint density at radius 2 is 1.42 bits per heavy atom. The van der Waals surface area contributed by atoms with Crippen LogP contribution in [0.2, 0.25) is 0 Å². The predicted octanol–water partition coefficient (Wildman–Crippen LogP) is 8.85. The molecule has 0 spiro atoms. The highest BCUT2D eigenvalue weighted by Crippen LogP contribution is 2.35. The number of rotatable bonds is 14. The van der Waals surface area contributed by atoms with Gasteiger partial charge in [-0.1, -0.05) is 97.1 Å². The zero-order valence-corrected chi connectivity index (χ0v) is 19.3. The van der Waals surface area contributed by atoms with E-state index >= 15 is 0 Å². The lowest BCUT2D eigenvalue weighted by atomic mass is 9.74. The third kappa shape index (κ3) is 10.4. The Morgan fingerprint density at radius 1 is 0.846 bits per heavy atom. The van der Waals surface area contributed by atoms with Gasteiger partial charge in [0.1, 0.15) is 0 Å². The van der Waals surface area contributed by atoms with Crippen LogP contribution in [0.1, 0.15) is 93.9 Å². The van der Waals surface area contributed by atoms with Crippen molar-refractivity contribution >= 4 is 0 Å². The molecule has 0 bridgehead atoms. The molecule has 0 aliphatic heterocycles. The molecular formula is C26H48. The van der Waals surface area contributed by atoms with Crippen molar-refractivity contribution in [1.29, 1.82) is 0 Å². The highest BCUT2D eigenvalue weighted by molar-refractivity contribution is 5.12. The smallest absolute Gasteiger partial charge is 0.0230 e. The first-order valence-corrected chi connectivity index (χ1v) is 11.1. The number of allylic oxidation sites excluding steroid dienone is 4. The molecule has 0 aromatic carbocycles. The number of hydrogen-bond acceptors (Lipinski definition) is 0. The van der Waals surface area contributed by atoms with Gasteiger partial charge in [-0.15, -0.1) is 6.58 Å². The molecule has 0 nitrogen and oxygen atoms in total. The molecule has 6 atom stereocenters. The maximum Gasteiger partial charge on any atom is -0.0230 e. The molecule has 0 heteroatoms. The molecule has 6 unspecified atom stereocenters. The second-order valence-corrected chi connectivity index (χ2v) is 9.38. The van der Waals surface area contributed by atoms with Crippen molar-refractivity contribution in [2.24, 2.45) is 35.5 Å².